The van der Waals surface area contributed by atoms with Crippen molar-refractivity contribution in [2.24, 2.45) is 11.8 Å². The van der Waals surface area contributed by atoms with Gasteiger partial charge in [-0.2, -0.15) is 0 Å². The monoisotopic (exact) mass is 370 g/mol. The first kappa shape index (κ1) is 15.6. The lowest BCUT2D eigenvalue weighted by atomic mass is 9.84. The molecule has 0 aliphatic carbocycles. The molecule has 2 aromatic rings. The van der Waals surface area contributed by atoms with Crippen molar-refractivity contribution in [1.29, 1.82) is 0 Å². The molecule has 4 aliphatic heterocycles. The first-order chi connectivity index (χ1) is 13.3. The molecule has 2 fully saturated rings. The lowest BCUT2D eigenvalue weighted by Gasteiger charge is -2.20. The van der Waals surface area contributed by atoms with Crippen molar-refractivity contribution < 1.29 is 33.5 Å². The Morgan fingerprint density at radius 3 is 2.00 bits per heavy atom. The van der Waals surface area contributed by atoms with Gasteiger partial charge in [0.1, 0.15) is 0 Å². The van der Waals surface area contributed by atoms with Gasteiger partial charge in [-0.05, 0) is 35.4 Å². The van der Waals surface area contributed by atoms with Gasteiger partial charge in [0, 0.05) is 11.8 Å². The minimum Gasteiger partial charge on any atom is -0.454 e. The number of fused-ring (bicyclic) bond motifs is 3. The van der Waals surface area contributed by atoms with Gasteiger partial charge in [0.2, 0.25) is 13.6 Å². The zero-order valence-corrected chi connectivity index (χ0v) is 14.4. The van der Waals surface area contributed by atoms with Crippen molar-refractivity contribution in [3.8, 4) is 23.0 Å². The van der Waals surface area contributed by atoms with Gasteiger partial charge >= 0.3 is 0 Å². The Kier molecular flexibility index (Phi) is 3.32. The molecule has 7 nitrogen and oxygen atoms in total. The second-order valence-corrected chi connectivity index (χ2v) is 7.17. The van der Waals surface area contributed by atoms with E-state index in [4.69, 9.17) is 28.4 Å². The quantitative estimate of drug-likeness (QED) is 0.871. The highest BCUT2D eigenvalue weighted by Crippen LogP contribution is 2.54. The predicted molar refractivity (Wildman–Crippen MR) is 90.6 cm³/mol. The van der Waals surface area contributed by atoms with E-state index in [-0.39, 0.29) is 37.6 Å². The molecule has 0 bridgehead atoms. The third-order valence-electron chi connectivity index (χ3n) is 5.77. The van der Waals surface area contributed by atoms with E-state index in [2.05, 4.69) is 0 Å². The highest BCUT2D eigenvalue weighted by atomic mass is 16.7. The van der Waals surface area contributed by atoms with Crippen LogP contribution in [0.25, 0.3) is 0 Å². The van der Waals surface area contributed by atoms with E-state index in [1.807, 2.05) is 36.4 Å². The van der Waals surface area contributed by atoms with Gasteiger partial charge < -0.3 is 33.5 Å². The van der Waals surface area contributed by atoms with Gasteiger partial charge in [-0.3, -0.25) is 0 Å². The van der Waals surface area contributed by atoms with Crippen molar-refractivity contribution in [1.82, 2.24) is 0 Å². The van der Waals surface area contributed by atoms with E-state index >= 15 is 0 Å². The summed E-state index contributed by atoms with van der Waals surface area (Å²) in [6.07, 6.45) is -1.40. The van der Waals surface area contributed by atoms with E-state index in [0.29, 0.717) is 18.1 Å². The molecule has 1 unspecified atom stereocenters. The summed E-state index contributed by atoms with van der Waals surface area (Å²) in [5.41, 5.74) is 1.92. The summed E-state index contributed by atoms with van der Waals surface area (Å²) >= 11 is 0. The third kappa shape index (κ3) is 2.32. The number of ether oxygens (including phenoxy) is 6. The van der Waals surface area contributed by atoms with Crippen LogP contribution in [-0.2, 0) is 9.47 Å². The van der Waals surface area contributed by atoms with Crippen LogP contribution < -0.4 is 18.9 Å². The molecule has 0 amide bonds. The molecule has 0 aromatic heterocycles. The van der Waals surface area contributed by atoms with Crippen LogP contribution in [0.4, 0.5) is 0 Å². The predicted octanol–water partition coefficient (Wildman–Crippen LogP) is 2.54. The van der Waals surface area contributed by atoms with E-state index in [9.17, 15) is 5.11 Å². The Bertz CT molecular complexity index is 842. The molecule has 27 heavy (non-hydrogen) atoms. The van der Waals surface area contributed by atoms with Crippen molar-refractivity contribution >= 4 is 0 Å². The van der Waals surface area contributed by atoms with Crippen molar-refractivity contribution in [3.63, 3.8) is 0 Å². The Morgan fingerprint density at radius 2 is 1.33 bits per heavy atom. The highest BCUT2D eigenvalue weighted by Gasteiger charge is 2.53. The van der Waals surface area contributed by atoms with Crippen LogP contribution in [0.2, 0.25) is 0 Å². The molecule has 5 atom stereocenters. The summed E-state index contributed by atoms with van der Waals surface area (Å²) < 4.78 is 33.7. The minimum atomic E-state index is -0.900. The maximum atomic E-state index is 10.6. The van der Waals surface area contributed by atoms with Crippen LogP contribution in [0, 0.1) is 11.8 Å². The Morgan fingerprint density at radius 1 is 0.741 bits per heavy atom. The van der Waals surface area contributed by atoms with Gasteiger partial charge in [0.25, 0.3) is 0 Å². The topological polar surface area (TPSA) is 75.6 Å². The smallest absolute Gasteiger partial charge is 0.231 e. The Balaban J connectivity index is 1.30. The molecular formula is C20H18O7. The molecule has 140 valence electrons. The first-order valence-corrected chi connectivity index (χ1v) is 9.02. The van der Waals surface area contributed by atoms with E-state index in [0.717, 1.165) is 22.6 Å². The fourth-order valence-electron chi connectivity index (χ4n) is 4.48. The van der Waals surface area contributed by atoms with E-state index < -0.39 is 6.29 Å². The maximum Gasteiger partial charge on any atom is 0.231 e. The lowest BCUT2D eigenvalue weighted by molar-refractivity contribution is -0.134. The number of hydrogen-bond donors (Lipinski definition) is 1. The largest absolute Gasteiger partial charge is 0.454 e. The van der Waals surface area contributed by atoms with E-state index in [1.54, 1.807) is 0 Å². The van der Waals surface area contributed by atoms with Crippen molar-refractivity contribution in [2.75, 3.05) is 20.2 Å². The SMILES string of the molecule is OC1O[C@@H](c2ccc3c(c2)OCO3)[C@@H]2CO[C@@H](c3ccc4c(c3)OCO4)[C@H]12. The first-order valence-electron chi connectivity index (χ1n) is 9.02. The molecule has 2 aromatic carbocycles. The van der Waals surface area contributed by atoms with Crippen LogP contribution >= 0.6 is 0 Å². The van der Waals surface area contributed by atoms with Crippen LogP contribution in [-0.4, -0.2) is 31.6 Å². The van der Waals surface area contributed by atoms with Gasteiger partial charge in [0.15, 0.2) is 29.3 Å². The van der Waals surface area contributed by atoms with Crippen molar-refractivity contribution in [2.45, 2.75) is 18.5 Å². The summed E-state index contributed by atoms with van der Waals surface area (Å²) in [4.78, 5) is 0. The molecule has 6 rings (SSSR count). The van der Waals surface area contributed by atoms with Crippen molar-refractivity contribution in [3.05, 3.63) is 47.5 Å². The fourth-order valence-corrected chi connectivity index (χ4v) is 4.48. The Hall–Kier alpha value is -2.48. The van der Waals surface area contributed by atoms with Crippen LogP contribution in [0.1, 0.15) is 23.3 Å². The number of rotatable bonds is 2. The summed E-state index contributed by atoms with van der Waals surface area (Å²) in [6, 6.07) is 11.5. The molecule has 0 spiro atoms. The highest BCUT2D eigenvalue weighted by molar-refractivity contribution is 5.47. The molecule has 2 saturated heterocycles. The standard InChI is InChI=1S/C20H18O7/c21-20-17-12(18(27-20)10-1-3-13-15(5-10)25-8-23-13)7-22-19(17)11-2-4-14-16(6-11)26-9-24-14/h1-6,12,17-21H,7-9H2/t12-,17-,18+,19+,20?/m1/s1. The van der Waals surface area contributed by atoms with Gasteiger partial charge in [-0.25, -0.2) is 0 Å². The normalized spacial score (nSPS) is 32.7. The molecule has 0 radical (unpaired) electrons. The molecule has 7 heteroatoms. The van der Waals surface area contributed by atoms with Crippen LogP contribution in [0.15, 0.2) is 36.4 Å². The summed E-state index contributed by atoms with van der Waals surface area (Å²) in [5, 5.41) is 10.6. The second kappa shape index (κ2) is 5.76. The van der Waals surface area contributed by atoms with Gasteiger partial charge in [-0.15, -0.1) is 0 Å². The molecule has 0 saturated carbocycles. The number of hydrogen-bond acceptors (Lipinski definition) is 7. The minimum absolute atomic E-state index is 0.0517. The molecule has 4 aliphatic rings. The Labute approximate surface area is 155 Å². The number of aliphatic hydroxyl groups is 1. The average molecular weight is 370 g/mol. The van der Waals surface area contributed by atoms with E-state index in [1.165, 1.54) is 0 Å². The van der Waals surface area contributed by atoms with Crippen LogP contribution in [0.3, 0.4) is 0 Å². The average Bonchev–Trinajstić information content (AvgIpc) is 3.45. The summed E-state index contributed by atoms with van der Waals surface area (Å²) in [6.45, 7) is 0.975. The summed E-state index contributed by atoms with van der Waals surface area (Å²) in [5.74, 6) is 2.78. The zero-order chi connectivity index (χ0) is 18.0. The fraction of sp³-hybridized carbons (Fsp3) is 0.400. The van der Waals surface area contributed by atoms with Gasteiger partial charge in [-0.1, -0.05) is 12.1 Å². The second-order valence-electron chi connectivity index (χ2n) is 7.17. The maximum absolute atomic E-state index is 10.6. The van der Waals surface area contributed by atoms with Crippen LogP contribution in [0.5, 0.6) is 23.0 Å². The van der Waals surface area contributed by atoms with Gasteiger partial charge in [0.05, 0.1) is 18.8 Å². The summed E-state index contributed by atoms with van der Waals surface area (Å²) in [7, 11) is 0. The lowest BCUT2D eigenvalue weighted by Crippen LogP contribution is -2.22. The zero-order valence-electron chi connectivity index (χ0n) is 14.4. The molecule has 4 heterocycles. The number of benzene rings is 2. The third-order valence-corrected chi connectivity index (χ3v) is 5.77. The number of aliphatic hydroxyl groups excluding tert-OH is 1. The molecular weight excluding hydrogens is 352 g/mol. The molecule has 1 N–H and O–H groups in total.